The number of rotatable bonds is 1. The second-order valence-corrected chi connectivity index (χ2v) is 5.76. The number of aromatic nitrogens is 2. The van der Waals surface area contributed by atoms with Gasteiger partial charge < -0.3 is 10.7 Å². The maximum Gasteiger partial charge on any atom is 0.140 e. The van der Waals surface area contributed by atoms with Crippen molar-refractivity contribution in [1.82, 2.24) is 9.97 Å². The van der Waals surface area contributed by atoms with Crippen molar-refractivity contribution in [1.29, 1.82) is 0 Å². The van der Waals surface area contributed by atoms with Crippen LogP contribution in [-0.4, -0.2) is 9.97 Å². The van der Waals surface area contributed by atoms with Crippen LogP contribution in [0.1, 0.15) is 5.56 Å². The number of halogens is 2. The largest absolute Gasteiger partial charge is 0.398 e. The Bertz CT molecular complexity index is 741. The van der Waals surface area contributed by atoms with Crippen molar-refractivity contribution in [2.75, 3.05) is 5.73 Å². The number of fused-ring (bicyclic) bond motifs is 1. The Kier molecular flexibility index (Phi) is 2.99. The average Bonchev–Trinajstić information content (AvgIpc) is 2.75. The molecule has 0 aliphatic rings. The molecule has 2 aromatic carbocycles. The molecule has 19 heavy (non-hydrogen) atoms. The molecule has 0 saturated carbocycles. The monoisotopic (exact) mass is 335 g/mol. The zero-order valence-electron chi connectivity index (χ0n) is 10.2. The molecule has 0 atom stereocenters. The number of hydrogen-bond donors (Lipinski definition) is 2. The Hall–Kier alpha value is -1.52. The summed E-state index contributed by atoms with van der Waals surface area (Å²) in [4.78, 5) is 7.82. The number of imidazole rings is 1. The van der Waals surface area contributed by atoms with Gasteiger partial charge in [-0.2, -0.15) is 0 Å². The second-order valence-electron chi connectivity index (χ2n) is 4.44. The molecule has 1 aromatic heterocycles. The SMILES string of the molecule is Cc1cc2[nH]c(-c3cc(Br)ccc3N)nc2cc1Cl. The van der Waals surface area contributed by atoms with Gasteiger partial charge in [0.2, 0.25) is 0 Å². The molecule has 0 radical (unpaired) electrons. The number of aromatic amines is 1. The summed E-state index contributed by atoms with van der Waals surface area (Å²) in [6.45, 7) is 1.97. The standard InChI is InChI=1S/C14H11BrClN3/c1-7-4-12-13(6-10(7)16)19-14(18-12)9-5-8(15)2-3-11(9)17/h2-6H,17H2,1H3,(H,18,19). The Morgan fingerprint density at radius 2 is 2.05 bits per heavy atom. The van der Waals surface area contributed by atoms with Gasteiger partial charge in [-0.25, -0.2) is 4.98 Å². The average molecular weight is 337 g/mol. The van der Waals surface area contributed by atoms with E-state index in [4.69, 9.17) is 17.3 Å². The number of hydrogen-bond acceptors (Lipinski definition) is 2. The number of aryl methyl sites for hydroxylation is 1. The highest BCUT2D eigenvalue weighted by Gasteiger charge is 2.10. The molecule has 0 aliphatic carbocycles. The molecular weight excluding hydrogens is 326 g/mol. The first-order chi connectivity index (χ1) is 9.04. The highest BCUT2D eigenvalue weighted by atomic mass is 79.9. The summed E-state index contributed by atoms with van der Waals surface area (Å²) in [5.41, 5.74) is 10.4. The van der Waals surface area contributed by atoms with E-state index in [1.54, 1.807) is 0 Å². The number of nitrogen functional groups attached to an aromatic ring is 1. The molecule has 3 rings (SSSR count). The van der Waals surface area contributed by atoms with Crippen LogP contribution in [0.15, 0.2) is 34.8 Å². The van der Waals surface area contributed by atoms with E-state index in [2.05, 4.69) is 25.9 Å². The molecule has 96 valence electrons. The fraction of sp³-hybridized carbons (Fsp3) is 0.0714. The molecule has 3 aromatic rings. The van der Waals surface area contributed by atoms with Gasteiger partial charge in [0.15, 0.2) is 0 Å². The predicted molar refractivity (Wildman–Crippen MR) is 83.4 cm³/mol. The minimum Gasteiger partial charge on any atom is -0.398 e. The third-order valence-electron chi connectivity index (χ3n) is 3.03. The number of nitrogens with one attached hydrogen (secondary N) is 1. The molecule has 0 saturated heterocycles. The van der Waals surface area contributed by atoms with Crippen LogP contribution in [0, 0.1) is 6.92 Å². The fourth-order valence-electron chi connectivity index (χ4n) is 2.00. The number of nitrogens with zero attached hydrogens (tertiary/aromatic N) is 1. The number of benzene rings is 2. The smallest absolute Gasteiger partial charge is 0.140 e. The van der Waals surface area contributed by atoms with Gasteiger partial charge in [-0.3, -0.25) is 0 Å². The van der Waals surface area contributed by atoms with Crippen LogP contribution in [0.5, 0.6) is 0 Å². The maximum absolute atomic E-state index is 6.11. The molecule has 0 unspecified atom stereocenters. The van der Waals surface area contributed by atoms with Crippen LogP contribution in [0.4, 0.5) is 5.69 Å². The lowest BCUT2D eigenvalue weighted by Gasteiger charge is -2.02. The van der Waals surface area contributed by atoms with E-state index in [-0.39, 0.29) is 0 Å². The molecule has 0 fully saturated rings. The van der Waals surface area contributed by atoms with Gasteiger partial charge in [-0.15, -0.1) is 0 Å². The van der Waals surface area contributed by atoms with Crippen LogP contribution in [0.25, 0.3) is 22.4 Å². The molecule has 0 aliphatic heterocycles. The summed E-state index contributed by atoms with van der Waals surface area (Å²) in [6.07, 6.45) is 0. The number of H-pyrrole nitrogens is 1. The van der Waals surface area contributed by atoms with Crippen LogP contribution in [0.2, 0.25) is 5.02 Å². The van der Waals surface area contributed by atoms with E-state index >= 15 is 0 Å². The van der Waals surface area contributed by atoms with Crippen molar-refractivity contribution in [3.63, 3.8) is 0 Å². The topological polar surface area (TPSA) is 54.7 Å². The molecule has 3 N–H and O–H groups in total. The Morgan fingerprint density at radius 3 is 2.84 bits per heavy atom. The first-order valence-electron chi connectivity index (χ1n) is 5.76. The van der Waals surface area contributed by atoms with Crippen molar-refractivity contribution in [2.24, 2.45) is 0 Å². The second kappa shape index (κ2) is 4.54. The zero-order valence-corrected chi connectivity index (χ0v) is 12.5. The van der Waals surface area contributed by atoms with Gasteiger partial charge in [0.05, 0.1) is 11.0 Å². The molecule has 5 heteroatoms. The van der Waals surface area contributed by atoms with Crippen LogP contribution in [-0.2, 0) is 0 Å². The minimum absolute atomic E-state index is 0.685. The van der Waals surface area contributed by atoms with E-state index in [1.807, 2.05) is 37.3 Å². The van der Waals surface area contributed by atoms with Gasteiger partial charge in [-0.1, -0.05) is 27.5 Å². The molecule has 0 spiro atoms. The quantitative estimate of drug-likeness (QED) is 0.641. The van der Waals surface area contributed by atoms with E-state index in [0.717, 1.165) is 32.5 Å². The van der Waals surface area contributed by atoms with Crippen LogP contribution in [0.3, 0.4) is 0 Å². The third-order valence-corrected chi connectivity index (χ3v) is 3.93. The Balaban J connectivity index is 2.23. The van der Waals surface area contributed by atoms with Gasteiger partial charge in [-0.05, 0) is 42.8 Å². The summed E-state index contributed by atoms with van der Waals surface area (Å²) in [5, 5.41) is 0.716. The lowest BCUT2D eigenvalue weighted by Crippen LogP contribution is -1.91. The fourth-order valence-corrected chi connectivity index (χ4v) is 2.52. The van der Waals surface area contributed by atoms with Gasteiger partial charge in [0.1, 0.15) is 5.82 Å². The van der Waals surface area contributed by atoms with Gasteiger partial charge >= 0.3 is 0 Å². The predicted octanol–water partition coefficient (Wildman–Crippen LogP) is 4.54. The summed E-state index contributed by atoms with van der Waals surface area (Å²) in [5.74, 6) is 0.746. The first kappa shape index (κ1) is 12.5. The van der Waals surface area contributed by atoms with Crippen LogP contribution >= 0.6 is 27.5 Å². The molecule has 0 amide bonds. The van der Waals surface area contributed by atoms with Gasteiger partial charge in [0.25, 0.3) is 0 Å². The van der Waals surface area contributed by atoms with Crippen molar-refractivity contribution in [2.45, 2.75) is 6.92 Å². The van der Waals surface area contributed by atoms with Gasteiger partial charge in [0, 0.05) is 20.7 Å². The molecule has 3 nitrogen and oxygen atoms in total. The summed E-state index contributed by atoms with van der Waals surface area (Å²) < 4.78 is 0.964. The summed E-state index contributed by atoms with van der Waals surface area (Å²) >= 11 is 9.56. The van der Waals surface area contributed by atoms with Crippen molar-refractivity contribution >= 4 is 44.3 Å². The van der Waals surface area contributed by atoms with Crippen molar-refractivity contribution < 1.29 is 0 Å². The Labute approximate surface area is 123 Å². The van der Waals surface area contributed by atoms with Crippen molar-refractivity contribution in [3.8, 4) is 11.4 Å². The lowest BCUT2D eigenvalue weighted by atomic mass is 10.2. The highest BCUT2D eigenvalue weighted by Crippen LogP contribution is 2.30. The van der Waals surface area contributed by atoms with Crippen molar-refractivity contribution in [3.05, 3.63) is 45.4 Å². The van der Waals surface area contributed by atoms with E-state index < -0.39 is 0 Å². The van der Waals surface area contributed by atoms with E-state index in [1.165, 1.54) is 0 Å². The normalized spacial score (nSPS) is 11.1. The van der Waals surface area contributed by atoms with Crippen LogP contribution < -0.4 is 5.73 Å². The van der Waals surface area contributed by atoms with E-state index in [0.29, 0.717) is 10.7 Å². The Morgan fingerprint density at radius 1 is 1.26 bits per heavy atom. The molecule has 1 heterocycles. The summed E-state index contributed by atoms with van der Waals surface area (Å²) in [7, 11) is 0. The minimum atomic E-state index is 0.685. The molecule has 0 bridgehead atoms. The zero-order chi connectivity index (χ0) is 13.6. The maximum atomic E-state index is 6.11. The highest BCUT2D eigenvalue weighted by molar-refractivity contribution is 9.10. The number of nitrogens with two attached hydrogens (primary N) is 1. The molecular formula is C14H11BrClN3. The first-order valence-corrected chi connectivity index (χ1v) is 6.93. The third kappa shape index (κ3) is 2.22. The number of anilines is 1. The summed E-state index contributed by atoms with van der Waals surface area (Å²) in [6, 6.07) is 9.55. The lowest BCUT2D eigenvalue weighted by molar-refractivity contribution is 1.33. The van der Waals surface area contributed by atoms with E-state index in [9.17, 15) is 0 Å².